The van der Waals surface area contributed by atoms with Gasteiger partial charge in [0.2, 0.25) is 0 Å². The molecule has 114 valence electrons. The Morgan fingerprint density at radius 1 is 1.00 bits per heavy atom. The summed E-state index contributed by atoms with van der Waals surface area (Å²) < 4.78 is 9.87. The van der Waals surface area contributed by atoms with Crippen molar-refractivity contribution < 1.29 is 19.1 Å². The van der Waals surface area contributed by atoms with Crippen LogP contribution in [0.15, 0.2) is 42.5 Å². The minimum atomic E-state index is -0.628. The second kappa shape index (κ2) is 7.29. The molecule has 0 atom stereocenters. The van der Waals surface area contributed by atoms with E-state index in [1.807, 2.05) is 0 Å². The Labute approximate surface area is 137 Å². The van der Waals surface area contributed by atoms with Crippen LogP contribution < -0.4 is 4.74 Å². The minimum absolute atomic E-state index is 0.0560. The molecule has 0 aromatic heterocycles. The van der Waals surface area contributed by atoms with E-state index in [0.29, 0.717) is 10.0 Å². The fraction of sp³-hybridized carbons (Fsp3) is 0.125. The fourth-order valence-electron chi connectivity index (χ4n) is 1.79. The molecule has 4 nitrogen and oxygen atoms in total. The van der Waals surface area contributed by atoms with Gasteiger partial charge in [0.05, 0.1) is 13.5 Å². The topological polar surface area (TPSA) is 52.6 Å². The smallest absolute Gasteiger partial charge is 0.341 e. The van der Waals surface area contributed by atoms with Crippen molar-refractivity contribution in [2.75, 3.05) is 7.11 Å². The first kappa shape index (κ1) is 16.3. The van der Waals surface area contributed by atoms with Crippen molar-refractivity contribution in [2.45, 2.75) is 6.42 Å². The van der Waals surface area contributed by atoms with Crippen molar-refractivity contribution in [3.05, 3.63) is 63.6 Å². The largest absolute Gasteiger partial charge is 0.465 e. The summed E-state index contributed by atoms with van der Waals surface area (Å²) >= 11 is 11.6. The van der Waals surface area contributed by atoms with Crippen LogP contribution in [0.2, 0.25) is 10.0 Å². The monoisotopic (exact) mass is 338 g/mol. The van der Waals surface area contributed by atoms with E-state index in [1.54, 1.807) is 24.3 Å². The summed E-state index contributed by atoms with van der Waals surface area (Å²) in [6.07, 6.45) is 0.0560. The molecule has 0 aliphatic carbocycles. The number of rotatable bonds is 4. The van der Waals surface area contributed by atoms with Gasteiger partial charge >= 0.3 is 11.9 Å². The lowest BCUT2D eigenvalue weighted by atomic mass is 10.1. The molecule has 22 heavy (non-hydrogen) atoms. The van der Waals surface area contributed by atoms with Crippen molar-refractivity contribution in [3.63, 3.8) is 0 Å². The first-order valence-electron chi connectivity index (χ1n) is 6.32. The minimum Gasteiger partial charge on any atom is -0.465 e. The van der Waals surface area contributed by atoms with Crippen LogP contribution >= 0.6 is 23.2 Å². The molecule has 0 amide bonds. The average molecular weight is 339 g/mol. The van der Waals surface area contributed by atoms with Crippen molar-refractivity contribution in [1.29, 1.82) is 0 Å². The van der Waals surface area contributed by atoms with Gasteiger partial charge in [-0.15, -0.1) is 0 Å². The Bertz CT molecular complexity index is 696. The fourth-order valence-corrected chi connectivity index (χ4v) is 2.09. The zero-order chi connectivity index (χ0) is 16.1. The maximum atomic E-state index is 12.0. The second-order valence-corrected chi connectivity index (χ2v) is 5.28. The van der Waals surface area contributed by atoms with Gasteiger partial charge in [-0.05, 0) is 35.9 Å². The maximum absolute atomic E-state index is 12.0. The van der Waals surface area contributed by atoms with E-state index in [1.165, 1.54) is 25.3 Å². The molecule has 0 N–H and O–H groups in total. The summed E-state index contributed by atoms with van der Waals surface area (Å²) in [5.74, 6) is -1.03. The Hall–Kier alpha value is -2.04. The zero-order valence-electron chi connectivity index (χ0n) is 11.6. The summed E-state index contributed by atoms with van der Waals surface area (Å²) in [4.78, 5) is 23.7. The van der Waals surface area contributed by atoms with E-state index in [0.717, 1.165) is 5.56 Å². The van der Waals surface area contributed by atoms with Crippen LogP contribution in [0.3, 0.4) is 0 Å². The van der Waals surface area contributed by atoms with Gasteiger partial charge in [-0.25, -0.2) is 4.79 Å². The van der Waals surface area contributed by atoms with Gasteiger partial charge in [0.1, 0.15) is 11.3 Å². The number of ether oxygens (including phenoxy) is 2. The molecule has 0 aliphatic heterocycles. The van der Waals surface area contributed by atoms with E-state index >= 15 is 0 Å². The summed E-state index contributed by atoms with van der Waals surface area (Å²) in [5.41, 5.74) is 0.849. The molecule has 0 saturated heterocycles. The molecule has 0 spiro atoms. The Morgan fingerprint density at radius 2 is 1.64 bits per heavy atom. The highest BCUT2D eigenvalue weighted by atomic mass is 35.5. The highest BCUT2D eigenvalue weighted by Crippen LogP contribution is 2.24. The third-order valence-electron chi connectivity index (χ3n) is 2.83. The van der Waals surface area contributed by atoms with E-state index in [9.17, 15) is 9.59 Å². The van der Waals surface area contributed by atoms with E-state index < -0.39 is 11.9 Å². The second-order valence-electron chi connectivity index (χ2n) is 4.41. The molecule has 0 fully saturated rings. The molecule has 0 bridgehead atoms. The molecule has 2 aromatic carbocycles. The molecular formula is C16H12Cl2O4. The van der Waals surface area contributed by atoms with E-state index in [4.69, 9.17) is 27.9 Å². The van der Waals surface area contributed by atoms with E-state index in [-0.39, 0.29) is 17.7 Å². The van der Waals surface area contributed by atoms with Crippen LogP contribution in [0.1, 0.15) is 15.9 Å². The van der Waals surface area contributed by atoms with Gasteiger partial charge in [0.15, 0.2) is 0 Å². The van der Waals surface area contributed by atoms with Crippen LogP contribution in [-0.4, -0.2) is 19.0 Å². The average Bonchev–Trinajstić information content (AvgIpc) is 2.50. The van der Waals surface area contributed by atoms with Crippen LogP contribution in [0.25, 0.3) is 0 Å². The highest BCUT2D eigenvalue weighted by molar-refractivity contribution is 6.31. The summed E-state index contributed by atoms with van der Waals surface area (Å²) in [6, 6.07) is 11.2. The number of benzene rings is 2. The Balaban J connectivity index is 2.14. The number of hydrogen-bond donors (Lipinski definition) is 0. The predicted octanol–water partition coefficient (Wildman–Crippen LogP) is 3.93. The molecule has 0 heterocycles. The Morgan fingerprint density at radius 3 is 2.27 bits per heavy atom. The van der Waals surface area contributed by atoms with Gasteiger partial charge in [-0.1, -0.05) is 35.3 Å². The molecule has 2 rings (SSSR count). The molecule has 6 heteroatoms. The number of halogens is 2. The quantitative estimate of drug-likeness (QED) is 0.626. The lowest BCUT2D eigenvalue weighted by Gasteiger charge is -2.09. The van der Waals surface area contributed by atoms with Crippen LogP contribution in [0.5, 0.6) is 5.75 Å². The predicted molar refractivity (Wildman–Crippen MR) is 83.6 cm³/mol. The van der Waals surface area contributed by atoms with E-state index in [2.05, 4.69) is 4.74 Å². The summed E-state index contributed by atoms with van der Waals surface area (Å²) in [6.45, 7) is 0. The SMILES string of the molecule is COC(=O)c1cc(Cl)ccc1OC(=O)Cc1ccc(Cl)cc1. The molecule has 0 aliphatic rings. The van der Waals surface area contributed by atoms with Gasteiger partial charge in [-0.3, -0.25) is 4.79 Å². The number of esters is 2. The highest BCUT2D eigenvalue weighted by Gasteiger charge is 2.16. The number of methoxy groups -OCH3 is 1. The molecular weight excluding hydrogens is 327 g/mol. The van der Waals surface area contributed by atoms with Crippen LogP contribution in [0, 0.1) is 0 Å². The van der Waals surface area contributed by atoms with Crippen molar-refractivity contribution in [2.24, 2.45) is 0 Å². The lowest BCUT2D eigenvalue weighted by molar-refractivity contribution is -0.133. The first-order chi connectivity index (χ1) is 10.5. The van der Waals surface area contributed by atoms with Gasteiger partial charge in [0.25, 0.3) is 0 Å². The van der Waals surface area contributed by atoms with Gasteiger partial charge < -0.3 is 9.47 Å². The summed E-state index contributed by atoms with van der Waals surface area (Å²) in [7, 11) is 1.24. The molecule has 0 radical (unpaired) electrons. The number of carbonyl (C=O) groups is 2. The Kier molecular flexibility index (Phi) is 5.41. The van der Waals surface area contributed by atoms with Gasteiger partial charge in [-0.2, -0.15) is 0 Å². The standard InChI is InChI=1S/C16H12Cl2O4/c1-21-16(20)13-9-12(18)6-7-14(13)22-15(19)8-10-2-4-11(17)5-3-10/h2-7,9H,8H2,1H3. The zero-order valence-corrected chi connectivity index (χ0v) is 13.1. The molecule has 2 aromatic rings. The summed E-state index contributed by atoms with van der Waals surface area (Å²) in [5, 5.41) is 0.931. The number of hydrogen-bond acceptors (Lipinski definition) is 4. The molecule has 0 saturated carbocycles. The van der Waals surface area contributed by atoms with Crippen LogP contribution in [-0.2, 0) is 16.0 Å². The third-order valence-corrected chi connectivity index (χ3v) is 3.32. The third kappa shape index (κ3) is 4.23. The lowest BCUT2D eigenvalue weighted by Crippen LogP contribution is -2.14. The van der Waals surface area contributed by atoms with Crippen molar-refractivity contribution in [1.82, 2.24) is 0 Å². The van der Waals surface area contributed by atoms with Crippen molar-refractivity contribution in [3.8, 4) is 5.75 Å². The number of carbonyl (C=O) groups excluding carboxylic acids is 2. The normalized spacial score (nSPS) is 10.1. The first-order valence-corrected chi connectivity index (χ1v) is 7.08. The van der Waals surface area contributed by atoms with Crippen LogP contribution in [0.4, 0.5) is 0 Å². The van der Waals surface area contributed by atoms with Crippen molar-refractivity contribution >= 4 is 35.1 Å². The molecule has 0 unspecified atom stereocenters. The maximum Gasteiger partial charge on any atom is 0.341 e. The van der Waals surface area contributed by atoms with Gasteiger partial charge in [0, 0.05) is 10.0 Å².